The van der Waals surface area contributed by atoms with E-state index in [0.717, 1.165) is 23.5 Å². The zero-order valence-electron chi connectivity index (χ0n) is 11.3. The molecule has 0 saturated heterocycles. The van der Waals surface area contributed by atoms with Gasteiger partial charge in [-0.15, -0.1) is 0 Å². The summed E-state index contributed by atoms with van der Waals surface area (Å²) in [7, 11) is 0. The first-order valence-electron chi connectivity index (χ1n) is 6.21. The molecule has 20 heavy (non-hydrogen) atoms. The maximum atomic E-state index is 12.8. The lowest BCUT2D eigenvalue weighted by Crippen LogP contribution is -2.20. The molecule has 0 spiro atoms. The molecule has 1 atom stereocenters. The normalized spacial score (nSPS) is 16.6. The van der Waals surface area contributed by atoms with Crippen LogP contribution in [0.25, 0.3) is 0 Å². The van der Waals surface area contributed by atoms with Crippen LogP contribution in [0.3, 0.4) is 0 Å². The molecule has 0 aromatic heterocycles. The minimum Gasteiger partial charge on any atom is -0.399 e. The van der Waals surface area contributed by atoms with Gasteiger partial charge in [-0.1, -0.05) is 0 Å². The van der Waals surface area contributed by atoms with Crippen molar-refractivity contribution in [2.24, 2.45) is 4.99 Å². The van der Waals surface area contributed by atoms with Crippen LogP contribution in [0.2, 0.25) is 0 Å². The van der Waals surface area contributed by atoms with E-state index in [1.807, 2.05) is 13.0 Å². The van der Waals surface area contributed by atoms with Gasteiger partial charge in [-0.05, 0) is 43.7 Å². The third kappa shape index (κ3) is 3.31. The van der Waals surface area contributed by atoms with Crippen molar-refractivity contribution in [2.45, 2.75) is 26.1 Å². The van der Waals surface area contributed by atoms with Crippen molar-refractivity contribution in [2.75, 3.05) is 12.3 Å². The first kappa shape index (κ1) is 14.4. The van der Waals surface area contributed by atoms with Gasteiger partial charge in [0.05, 0.1) is 12.1 Å². The molecule has 0 fully saturated rings. The fourth-order valence-electron chi connectivity index (χ4n) is 2.09. The lowest BCUT2D eigenvalue weighted by molar-refractivity contribution is -0.137. The fraction of sp³-hybridized carbons (Fsp3) is 0.357. The smallest absolute Gasteiger partial charge is 0.399 e. The summed E-state index contributed by atoms with van der Waals surface area (Å²) in [6.45, 7) is 4.20. The Balaban J connectivity index is 2.20. The monoisotopic (exact) mass is 283 g/mol. The molecule has 0 saturated carbocycles. The van der Waals surface area contributed by atoms with E-state index in [1.54, 1.807) is 13.0 Å². The first-order chi connectivity index (χ1) is 9.25. The molecule has 0 aliphatic carbocycles. The molecule has 2 rings (SSSR count). The minimum atomic E-state index is -4.39. The molecule has 3 N–H and O–H groups in total. The molecule has 1 aromatic carbocycles. The van der Waals surface area contributed by atoms with Gasteiger partial charge in [0.25, 0.3) is 0 Å². The molecule has 108 valence electrons. The van der Waals surface area contributed by atoms with Crippen molar-refractivity contribution in [3.05, 3.63) is 41.1 Å². The molecule has 1 aliphatic heterocycles. The van der Waals surface area contributed by atoms with Crippen molar-refractivity contribution >= 4 is 11.4 Å². The third-order valence-electron chi connectivity index (χ3n) is 3.09. The predicted octanol–water partition coefficient (Wildman–Crippen LogP) is 3.30. The highest BCUT2D eigenvalue weighted by atomic mass is 19.4. The van der Waals surface area contributed by atoms with Gasteiger partial charge in [0.15, 0.2) is 0 Å². The number of alkyl halides is 3. The summed E-state index contributed by atoms with van der Waals surface area (Å²) in [5.74, 6) is 0. The van der Waals surface area contributed by atoms with Gasteiger partial charge in [-0.2, -0.15) is 13.2 Å². The zero-order valence-corrected chi connectivity index (χ0v) is 11.3. The van der Waals surface area contributed by atoms with E-state index in [-0.39, 0.29) is 11.7 Å². The van der Waals surface area contributed by atoms with Gasteiger partial charge in [0.1, 0.15) is 0 Å². The number of anilines is 1. The molecule has 0 radical (unpaired) electrons. The molecule has 6 heteroatoms. The van der Waals surface area contributed by atoms with E-state index in [2.05, 4.69) is 10.3 Å². The number of nitrogens with two attached hydrogens (primary N) is 1. The summed E-state index contributed by atoms with van der Waals surface area (Å²) >= 11 is 0. The number of nitrogen functional groups attached to an aromatic ring is 1. The quantitative estimate of drug-likeness (QED) is 0.836. The summed E-state index contributed by atoms with van der Waals surface area (Å²) in [6, 6.07) is 3.35. The van der Waals surface area contributed by atoms with Crippen LogP contribution in [-0.2, 0) is 6.18 Å². The van der Waals surface area contributed by atoms with Crippen LogP contribution in [0.1, 0.15) is 31.0 Å². The van der Waals surface area contributed by atoms with Crippen molar-refractivity contribution in [3.63, 3.8) is 0 Å². The maximum absolute atomic E-state index is 12.8. The number of allylic oxidation sites excluding steroid dienone is 1. The molecule has 1 heterocycles. The van der Waals surface area contributed by atoms with Gasteiger partial charge >= 0.3 is 6.18 Å². The average molecular weight is 283 g/mol. The minimum absolute atomic E-state index is 0.108. The van der Waals surface area contributed by atoms with Crippen LogP contribution in [0.15, 0.2) is 35.0 Å². The van der Waals surface area contributed by atoms with Crippen molar-refractivity contribution in [1.29, 1.82) is 0 Å². The Hall–Kier alpha value is -1.98. The number of aliphatic imine (C=N–C) groups is 1. The summed E-state index contributed by atoms with van der Waals surface area (Å²) in [5, 5.41) is 3.16. The highest BCUT2D eigenvalue weighted by Crippen LogP contribution is 2.32. The molecule has 1 aromatic rings. The van der Waals surface area contributed by atoms with Crippen LogP contribution in [-0.4, -0.2) is 12.3 Å². The van der Waals surface area contributed by atoms with E-state index < -0.39 is 11.7 Å². The molecule has 0 amide bonds. The average Bonchev–Trinajstić information content (AvgIpc) is 2.72. The number of nitrogens with one attached hydrogen (secondary N) is 1. The summed E-state index contributed by atoms with van der Waals surface area (Å²) < 4.78 is 38.3. The molecule has 3 nitrogen and oxygen atoms in total. The second-order valence-electron chi connectivity index (χ2n) is 4.88. The third-order valence-corrected chi connectivity index (χ3v) is 3.09. The number of hydrogen-bond acceptors (Lipinski definition) is 3. The molecular formula is C14H16F3N3. The van der Waals surface area contributed by atoms with Crippen LogP contribution in [0.5, 0.6) is 0 Å². The lowest BCUT2D eigenvalue weighted by Gasteiger charge is -2.18. The fourth-order valence-corrected chi connectivity index (χ4v) is 2.09. The number of nitrogens with zero attached hydrogens (tertiary/aromatic N) is 1. The standard InChI is InChI=1S/C14H16F3N3/c1-8-3-13(7-19-8)20-9(2)10-4-11(14(15,16)17)6-12(18)5-10/h3-6,9,20H,7,18H2,1-2H3. The highest BCUT2D eigenvalue weighted by Gasteiger charge is 2.31. The van der Waals surface area contributed by atoms with Crippen LogP contribution in [0.4, 0.5) is 18.9 Å². The molecule has 1 unspecified atom stereocenters. The Morgan fingerprint density at radius 3 is 2.55 bits per heavy atom. The largest absolute Gasteiger partial charge is 0.416 e. The van der Waals surface area contributed by atoms with Crippen molar-refractivity contribution in [1.82, 2.24) is 5.32 Å². The van der Waals surface area contributed by atoms with Gasteiger partial charge in [-0.3, -0.25) is 4.99 Å². The Kier molecular flexibility index (Phi) is 3.74. The van der Waals surface area contributed by atoms with Crippen LogP contribution in [0, 0.1) is 0 Å². The summed E-state index contributed by atoms with van der Waals surface area (Å²) in [6.07, 6.45) is -2.51. The number of benzene rings is 1. The SMILES string of the molecule is CC1=NCC(NC(C)c2cc(N)cc(C(F)(F)F)c2)=C1. The molecule has 0 bridgehead atoms. The second-order valence-corrected chi connectivity index (χ2v) is 4.88. The van der Waals surface area contributed by atoms with Gasteiger partial charge < -0.3 is 11.1 Å². The Morgan fingerprint density at radius 2 is 2.00 bits per heavy atom. The van der Waals surface area contributed by atoms with E-state index in [9.17, 15) is 13.2 Å². The topological polar surface area (TPSA) is 50.4 Å². The van der Waals surface area contributed by atoms with E-state index in [0.29, 0.717) is 12.1 Å². The van der Waals surface area contributed by atoms with E-state index in [1.165, 1.54) is 0 Å². The van der Waals surface area contributed by atoms with E-state index in [4.69, 9.17) is 5.73 Å². The first-order valence-corrected chi connectivity index (χ1v) is 6.21. The number of rotatable bonds is 3. The number of halogens is 3. The second kappa shape index (κ2) is 5.19. The Bertz CT molecular complexity index is 574. The lowest BCUT2D eigenvalue weighted by atomic mass is 10.0. The summed E-state index contributed by atoms with van der Waals surface area (Å²) in [4.78, 5) is 4.20. The van der Waals surface area contributed by atoms with Crippen molar-refractivity contribution in [3.8, 4) is 0 Å². The van der Waals surface area contributed by atoms with Crippen LogP contribution < -0.4 is 11.1 Å². The number of hydrogen-bond donors (Lipinski definition) is 2. The highest BCUT2D eigenvalue weighted by molar-refractivity contribution is 5.95. The van der Waals surface area contributed by atoms with Gasteiger partial charge in [0, 0.05) is 23.1 Å². The summed E-state index contributed by atoms with van der Waals surface area (Å²) in [5.41, 5.74) is 7.24. The molecular weight excluding hydrogens is 267 g/mol. The maximum Gasteiger partial charge on any atom is 0.416 e. The van der Waals surface area contributed by atoms with Crippen molar-refractivity contribution < 1.29 is 13.2 Å². The van der Waals surface area contributed by atoms with E-state index >= 15 is 0 Å². The van der Waals surface area contributed by atoms with Gasteiger partial charge in [0.2, 0.25) is 0 Å². The van der Waals surface area contributed by atoms with Crippen LogP contribution >= 0.6 is 0 Å². The Morgan fingerprint density at radius 1 is 1.30 bits per heavy atom. The Labute approximate surface area is 115 Å². The predicted molar refractivity (Wildman–Crippen MR) is 73.5 cm³/mol. The van der Waals surface area contributed by atoms with Gasteiger partial charge in [-0.25, -0.2) is 0 Å². The molecule has 1 aliphatic rings. The zero-order chi connectivity index (χ0) is 14.9.